The number of allylic oxidation sites excluding steroid dienone is 2. The summed E-state index contributed by atoms with van der Waals surface area (Å²) in [6, 6.07) is 1.49. The van der Waals surface area contributed by atoms with Gasteiger partial charge in [0.1, 0.15) is 0 Å². The Bertz CT molecular complexity index is 86.9. The molecule has 0 saturated heterocycles. The normalized spacial score (nSPS) is 11.4. The summed E-state index contributed by atoms with van der Waals surface area (Å²) in [5.74, 6) is 0. The van der Waals surface area contributed by atoms with E-state index in [0.29, 0.717) is 0 Å². The lowest BCUT2D eigenvalue weighted by Gasteiger charge is -1.96. The fourth-order valence-electron chi connectivity index (χ4n) is 1.21. The van der Waals surface area contributed by atoms with Gasteiger partial charge in [-0.1, -0.05) is 43.9 Å². The molecule has 0 N–H and O–H groups in total. The van der Waals surface area contributed by atoms with E-state index in [2.05, 4.69) is 19.1 Å². The van der Waals surface area contributed by atoms with E-state index in [1.165, 1.54) is 54.8 Å². The van der Waals surface area contributed by atoms with E-state index in [4.69, 9.17) is 0 Å². The average Bonchev–Trinajstić information content (AvgIpc) is 2.03. The summed E-state index contributed by atoms with van der Waals surface area (Å²) >= 11 is 0. The number of unbranched alkanes of at least 4 members (excludes halogenated alkanes) is 5. The maximum atomic E-state index is 2.27. The Morgan fingerprint density at radius 3 is 2.27 bits per heavy atom. The number of hydrogen-bond acceptors (Lipinski definition) is 0. The van der Waals surface area contributed by atoms with Crippen molar-refractivity contribution in [1.82, 2.24) is 0 Å². The molecule has 0 aromatic rings. The van der Waals surface area contributed by atoms with E-state index in [1.54, 1.807) is 0 Å². The van der Waals surface area contributed by atoms with Crippen molar-refractivity contribution in [2.45, 2.75) is 51.5 Å². The molecule has 0 aromatic carbocycles. The lowest BCUT2D eigenvalue weighted by Crippen LogP contribution is -1.77. The summed E-state index contributed by atoms with van der Waals surface area (Å²) in [5.41, 5.74) is 0. The van der Waals surface area contributed by atoms with E-state index < -0.39 is 0 Å². The number of rotatable bonds is 7. The summed E-state index contributed by atoms with van der Waals surface area (Å²) < 4.78 is 0. The minimum atomic E-state index is 1.29. The van der Waals surface area contributed by atoms with Gasteiger partial charge in [0.05, 0.1) is 0 Å². The molecular formula is C10H22Si. The Balaban J connectivity index is 2.79. The van der Waals surface area contributed by atoms with Gasteiger partial charge in [0.15, 0.2) is 0 Å². The lowest BCUT2D eigenvalue weighted by atomic mass is 10.1. The van der Waals surface area contributed by atoms with E-state index >= 15 is 0 Å². The fraction of sp³-hybridized carbons (Fsp3) is 0.800. The molecule has 0 rings (SSSR count). The first-order valence-corrected chi connectivity index (χ1v) is 6.44. The van der Waals surface area contributed by atoms with Crippen LogP contribution in [-0.4, -0.2) is 10.2 Å². The highest BCUT2D eigenvalue weighted by atomic mass is 28.1. The van der Waals surface area contributed by atoms with E-state index in [-0.39, 0.29) is 0 Å². The molecule has 0 atom stereocenters. The van der Waals surface area contributed by atoms with Crippen molar-refractivity contribution < 1.29 is 0 Å². The first-order valence-electron chi connectivity index (χ1n) is 5.03. The van der Waals surface area contributed by atoms with E-state index in [0.717, 1.165) is 0 Å². The van der Waals surface area contributed by atoms with Gasteiger partial charge in [0.2, 0.25) is 0 Å². The summed E-state index contributed by atoms with van der Waals surface area (Å²) in [5, 5.41) is 0. The molecule has 66 valence electrons. The third-order valence-corrected chi connectivity index (χ3v) is 2.67. The third kappa shape index (κ3) is 9.96. The smallest absolute Gasteiger partial charge is 0.00279 e. The summed E-state index contributed by atoms with van der Waals surface area (Å²) in [4.78, 5) is 0. The van der Waals surface area contributed by atoms with Crippen LogP contribution in [0.2, 0.25) is 6.04 Å². The Kier molecular flexibility index (Phi) is 9.92. The molecule has 0 radical (unpaired) electrons. The zero-order chi connectivity index (χ0) is 8.36. The average molecular weight is 170 g/mol. The largest absolute Gasteiger partial charge is 0.0917 e. The Morgan fingerprint density at radius 2 is 1.64 bits per heavy atom. The van der Waals surface area contributed by atoms with Gasteiger partial charge in [-0.3, -0.25) is 0 Å². The molecule has 0 unspecified atom stereocenters. The molecule has 0 aliphatic rings. The van der Waals surface area contributed by atoms with Crippen LogP contribution < -0.4 is 0 Å². The molecule has 0 fully saturated rings. The van der Waals surface area contributed by atoms with Crippen LogP contribution in [0.1, 0.15) is 45.4 Å². The molecule has 0 heterocycles. The molecule has 0 saturated carbocycles. The molecule has 0 aliphatic carbocycles. The van der Waals surface area contributed by atoms with Crippen molar-refractivity contribution in [3.63, 3.8) is 0 Å². The van der Waals surface area contributed by atoms with Crippen LogP contribution in [0.15, 0.2) is 12.2 Å². The highest BCUT2D eigenvalue weighted by Gasteiger charge is 1.86. The number of hydrogen-bond donors (Lipinski definition) is 0. The van der Waals surface area contributed by atoms with Gasteiger partial charge >= 0.3 is 0 Å². The standard InChI is InChI=1S/C10H22Si/c1-2-3-4-5-6-7-8-9-10-11/h2-3H,4-10H2,1,11H3. The minimum absolute atomic E-state index is 1.29. The minimum Gasteiger partial charge on any atom is -0.0917 e. The quantitative estimate of drug-likeness (QED) is 0.313. The van der Waals surface area contributed by atoms with Gasteiger partial charge in [-0.05, 0) is 19.8 Å². The Morgan fingerprint density at radius 1 is 1.00 bits per heavy atom. The molecule has 1 heteroatoms. The molecule has 0 nitrogen and oxygen atoms in total. The monoisotopic (exact) mass is 170 g/mol. The predicted molar refractivity (Wildman–Crippen MR) is 57.3 cm³/mol. The van der Waals surface area contributed by atoms with Gasteiger partial charge in [0.25, 0.3) is 0 Å². The van der Waals surface area contributed by atoms with Crippen LogP contribution in [-0.2, 0) is 0 Å². The van der Waals surface area contributed by atoms with Crippen LogP contribution >= 0.6 is 0 Å². The van der Waals surface area contributed by atoms with Crippen LogP contribution in [0.5, 0.6) is 0 Å². The molecule has 0 aliphatic heterocycles. The van der Waals surface area contributed by atoms with Gasteiger partial charge in [-0.15, -0.1) is 0 Å². The third-order valence-electron chi connectivity index (χ3n) is 1.96. The van der Waals surface area contributed by atoms with Crippen molar-refractivity contribution in [2.75, 3.05) is 0 Å². The van der Waals surface area contributed by atoms with Crippen LogP contribution in [0, 0.1) is 0 Å². The Labute approximate surface area is 74.5 Å². The maximum absolute atomic E-state index is 2.27. The van der Waals surface area contributed by atoms with Crippen molar-refractivity contribution in [3.05, 3.63) is 12.2 Å². The molecule has 0 spiro atoms. The SMILES string of the molecule is CC=CCCCCCCC[SiH3]. The van der Waals surface area contributed by atoms with Crippen molar-refractivity contribution >= 4 is 10.2 Å². The van der Waals surface area contributed by atoms with E-state index in [9.17, 15) is 0 Å². The first kappa shape index (κ1) is 11.0. The highest BCUT2D eigenvalue weighted by molar-refractivity contribution is 6.08. The molecule has 0 aromatic heterocycles. The molecule has 0 amide bonds. The first-order chi connectivity index (χ1) is 5.41. The van der Waals surface area contributed by atoms with Crippen molar-refractivity contribution in [2.24, 2.45) is 0 Å². The maximum Gasteiger partial charge on any atom is 0.00279 e. The van der Waals surface area contributed by atoms with Crippen molar-refractivity contribution in [1.29, 1.82) is 0 Å². The molecular weight excluding hydrogens is 148 g/mol. The van der Waals surface area contributed by atoms with Gasteiger partial charge in [-0.2, -0.15) is 0 Å². The van der Waals surface area contributed by atoms with Gasteiger partial charge < -0.3 is 0 Å². The second-order valence-electron chi connectivity index (χ2n) is 3.13. The van der Waals surface area contributed by atoms with Crippen LogP contribution in [0.3, 0.4) is 0 Å². The van der Waals surface area contributed by atoms with Gasteiger partial charge in [-0.25, -0.2) is 0 Å². The highest BCUT2D eigenvalue weighted by Crippen LogP contribution is 2.06. The molecule has 11 heavy (non-hydrogen) atoms. The van der Waals surface area contributed by atoms with E-state index in [1.807, 2.05) is 0 Å². The second-order valence-corrected chi connectivity index (χ2v) is 4.13. The zero-order valence-electron chi connectivity index (χ0n) is 8.10. The van der Waals surface area contributed by atoms with Crippen molar-refractivity contribution in [3.8, 4) is 0 Å². The topological polar surface area (TPSA) is 0 Å². The van der Waals surface area contributed by atoms with Gasteiger partial charge in [0, 0.05) is 10.2 Å². The summed E-state index contributed by atoms with van der Waals surface area (Å²) in [6.45, 7) is 2.10. The lowest BCUT2D eigenvalue weighted by molar-refractivity contribution is 0.637. The second kappa shape index (κ2) is 9.96. The molecule has 0 bridgehead atoms. The zero-order valence-corrected chi connectivity index (χ0v) is 10.1. The Hall–Kier alpha value is -0.0431. The van der Waals surface area contributed by atoms with Crippen LogP contribution in [0.25, 0.3) is 0 Å². The predicted octanol–water partition coefficient (Wildman–Crippen LogP) is 2.69. The van der Waals surface area contributed by atoms with Crippen LogP contribution in [0.4, 0.5) is 0 Å². The summed E-state index contributed by atoms with van der Waals surface area (Å²) in [7, 11) is 1.40. The fourth-order valence-corrected chi connectivity index (χ4v) is 1.71. The summed E-state index contributed by atoms with van der Waals surface area (Å²) in [6.07, 6.45) is 13.0.